The number of likely N-dealkylation sites (tertiary alicyclic amines) is 1. The third kappa shape index (κ3) is 4.18. The minimum Gasteiger partial charge on any atom is -0.353 e. The van der Waals surface area contributed by atoms with E-state index in [0.29, 0.717) is 17.1 Å². The molecule has 0 atom stereocenters. The van der Waals surface area contributed by atoms with Gasteiger partial charge in [0, 0.05) is 36.0 Å². The number of nitrogens with one attached hydrogen (secondary N) is 2. The van der Waals surface area contributed by atoms with Gasteiger partial charge in [0.25, 0.3) is 0 Å². The van der Waals surface area contributed by atoms with Gasteiger partial charge >= 0.3 is 0 Å². The van der Waals surface area contributed by atoms with Crippen LogP contribution in [0, 0.1) is 5.82 Å². The maximum Gasteiger partial charge on any atom is 0.143 e. The van der Waals surface area contributed by atoms with E-state index in [1.54, 1.807) is 6.20 Å². The minimum atomic E-state index is -0.409. The highest BCUT2D eigenvalue weighted by Gasteiger charge is 2.14. The van der Waals surface area contributed by atoms with E-state index >= 15 is 0 Å². The Bertz CT molecular complexity index is 1240. The predicted octanol–water partition coefficient (Wildman–Crippen LogP) is 4.84. The average molecular weight is 414 g/mol. The van der Waals surface area contributed by atoms with Gasteiger partial charge < -0.3 is 5.32 Å². The van der Waals surface area contributed by atoms with Gasteiger partial charge in [-0.25, -0.2) is 4.39 Å². The number of aromatic amines is 1. The van der Waals surface area contributed by atoms with E-state index < -0.39 is 5.82 Å². The second-order valence-electron chi connectivity index (χ2n) is 7.89. The summed E-state index contributed by atoms with van der Waals surface area (Å²) in [6.45, 7) is 7.33. The van der Waals surface area contributed by atoms with Crippen LogP contribution in [0.15, 0.2) is 61.7 Å². The number of fused-ring (bicyclic) bond motifs is 1. The first-order valence-electron chi connectivity index (χ1n) is 10.4. The van der Waals surface area contributed by atoms with Crippen molar-refractivity contribution in [3.8, 4) is 11.1 Å². The number of benzene rings is 1. The Kier molecular flexibility index (Phi) is 5.18. The van der Waals surface area contributed by atoms with E-state index in [2.05, 4.69) is 55.2 Å². The Hall–Kier alpha value is -3.58. The van der Waals surface area contributed by atoms with E-state index in [9.17, 15) is 4.39 Å². The van der Waals surface area contributed by atoms with Crippen molar-refractivity contribution in [3.63, 3.8) is 0 Å². The molecule has 0 saturated carbocycles. The molecule has 5 rings (SSSR count). The van der Waals surface area contributed by atoms with Gasteiger partial charge in [0.05, 0.1) is 29.3 Å². The quantitative estimate of drug-likeness (QED) is 0.473. The average Bonchev–Trinajstić information content (AvgIpc) is 3.43. The number of rotatable bonds is 6. The van der Waals surface area contributed by atoms with Crippen molar-refractivity contribution in [2.75, 3.05) is 18.4 Å². The van der Waals surface area contributed by atoms with E-state index in [-0.39, 0.29) is 0 Å². The van der Waals surface area contributed by atoms with Crippen LogP contribution in [0.1, 0.15) is 24.1 Å². The first-order valence-corrected chi connectivity index (χ1v) is 10.4. The van der Waals surface area contributed by atoms with Gasteiger partial charge in [-0.15, -0.1) is 0 Å². The summed E-state index contributed by atoms with van der Waals surface area (Å²) in [7, 11) is 0. The van der Waals surface area contributed by atoms with Gasteiger partial charge in [0.15, 0.2) is 0 Å². The number of anilines is 1. The van der Waals surface area contributed by atoms with Gasteiger partial charge in [-0.05, 0) is 55.3 Å². The van der Waals surface area contributed by atoms with Crippen LogP contribution in [0.5, 0.6) is 0 Å². The molecule has 7 heteroatoms. The zero-order chi connectivity index (χ0) is 21.2. The van der Waals surface area contributed by atoms with Gasteiger partial charge in [0.2, 0.25) is 0 Å². The topological polar surface area (TPSA) is 69.7 Å². The molecule has 0 unspecified atom stereocenters. The van der Waals surface area contributed by atoms with Crippen LogP contribution in [0.4, 0.5) is 10.1 Å². The Morgan fingerprint density at radius 1 is 1.03 bits per heavy atom. The number of hydrogen-bond acceptors (Lipinski definition) is 5. The summed E-state index contributed by atoms with van der Waals surface area (Å²) in [5.74, 6) is -0.409. The van der Waals surface area contributed by atoms with Crippen LogP contribution in [0.2, 0.25) is 0 Å². The van der Waals surface area contributed by atoms with Crippen molar-refractivity contribution >= 4 is 22.3 Å². The van der Waals surface area contributed by atoms with E-state index in [0.717, 1.165) is 47.9 Å². The number of aromatic nitrogens is 4. The Balaban J connectivity index is 1.43. The smallest absolute Gasteiger partial charge is 0.143 e. The van der Waals surface area contributed by atoms with Crippen molar-refractivity contribution in [2.24, 2.45) is 0 Å². The van der Waals surface area contributed by atoms with Crippen LogP contribution in [0.3, 0.4) is 0 Å². The summed E-state index contributed by atoms with van der Waals surface area (Å²) in [6.07, 6.45) is 9.09. The molecular formula is C24H23FN6. The monoisotopic (exact) mass is 414 g/mol. The molecule has 31 heavy (non-hydrogen) atoms. The lowest BCUT2D eigenvalue weighted by Crippen LogP contribution is -2.18. The highest BCUT2D eigenvalue weighted by atomic mass is 19.1. The van der Waals surface area contributed by atoms with E-state index in [1.165, 1.54) is 24.5 Å². The maximum atomic E-state index is 13.5. The summed E-state index contributed by atoms with van der Waals surface area (Å²) < 4.78 is 13.5. The highest BCUT2D eigenvalue weighted by Crippen LogP contribution is 2.29. The Morgan fingerprint density at radius 3 is 2.71 bits per heavy atom. The summed E-state index contributed by atoms with van der Waals surface area (Å²) in [5, 5.41) is 11.5. The highest BCUT2D eigenvalue weighted by molar-refractivity contribution is 5.94. The molecule has 6 nitrogen and oxygen atoms in total. The fraction of sp³-hybridized carbons (Fsp3) is 0.208. The first-order chi connectivity index (χ1) is 15.2. The van der Waals surface area contributed by atoms with Crippen molar-refractivity contribution in [1.82, 2.24) is 25.1 Å². The molecule has 0 spiro atoms. The van der Waals surface area contributed by atoms with Crippen molar-refractivity contribution < 1.29 is 4.39 Å². The normalized spacial score (nSPS) is 14.2. The summed E-state index contributed by atoms with van der Waals surface area (Å²) >= 11 is 0. The molecule has 4 aromatic rings. The number of hydrogen-bond donors (Lipinski definition) is 2. The van der Waals surface area contributed by atoms with Crippen molar-refractivity contribution in [2.45, 2.75) is 19.4 Å². The van der Waals surface area contributed by atoms with Gasteiger partial charge in [-0.1, -0.05) is 12.6 Å². The molecule has 0 aliphatic carbocycles. The van der Waals surface area contributed by atoms with Gasteiger partial charge in [-0.2, -0.15) is 5.10 Å². The fourth-order valence-electron chi connectivity index (χ4n) is 4.07. The molecule has 2 N–H and O–H groups in total. The largest absolute Gasteiger partial charge is 0.353 e. The lowest BCUT2D eigenvalue weighted by atomic mass is 10.0. The van der Waals surface area contributed by atoms with Gasteiger partial charge in [-0.3, -0.25) is 20.0 Å². The van der Waals surface area contributed by atoms with E-state index in [1.807, 2.05) is 18.5 Å². The van der Waals surface area contributed by atoms with Crippen LogP contribution in [-0.2, 0) is 6.54 Å². The van der Waals surface area contributed by atoms with E-state index in [4.69, 9.17) is 0 Å². The zero-order valence-electron chi connectivity index (χ0n) is 17.1. The standard InChI is InChI=1S/C24H23FN6/c1-16(28-21-10-20(25)13-27-14-21)24-22-9-18(4-5-23(22)29-30-24)19-8-17(11-26-12-19)15-31-6-2-3-7-31/h4-5,8-14,28H,1-3,6-7,15H2,(H,29,30). The maximum absolute atomic E-state index is 13.5. The van der Waals surface area contributed by atoms with Crippen LogP contribution >= 0.6 is 0 Å². The van der Waals surface area contributed by atoms with Crippen molar-refractivity contribution in [3.05, 3.63) is 78.8 Å². The Labute approximate surface area is 179 Å². The minimum absolute atomic E-state index is 0.409. The number of halogens is 1. The molecular weight excluding hydrogens is 391 g/mol. The first kappa shape index (κ1) is 19.4. The zero-order valence-corrected chi connectivity index (χ0v) is 17.1. The molecule has 156 valence electrons. The molecule has 4 heterocycles. The summed E-state index contributed by atoms with van der Waals surface area (Å²) in [4.78, 5) is 10.8. The number of nitrogens with zero attached hydrogens (tertiary/aromatic N) is 4. The second-order valence-corrected chi connectivity index (χ2v) is 7.89. The lowest BCUT2D eigenvalue weighted by Gasteiger charge is -2.14. The molecule has 0 bridgehead atoms. The Morgan fingerprint density at radius 2 is 1.87 bits per heavy atom. The third-order valence-corrected chi connectivity index (χ3v) is 5.58. The summed E-state index contributed by atoms with van der Waals surface area (Å²) in [5.41, 5.74) is 6.02. The summed E-state index contributed by atoms with van der Waals surface area (Å²) in [6, 6.07) is 9.73. The lowest BCUT2D eigenvalue weighted by molar-refractivity contribution is 0.331. The third-order valence-electron chi connectivity index (χ3n) is 5.58. The van der Waals surface area contributed by atoms with Crippen LogP contribution < -0.4 is 5.32 Å². The number of pyridine rings is 2. The second kappa shape index (κ2) is 8.28. The SMILES string of the molecule is C=C(Nc1cncc(F)c1)c1n[nH]c2ccc(-c3cncc(CN4CCCC4)c3)cc12. The van der Waals surface area contributed by atoms with Crippen molar-refractivity contribution in [1.29, 1.82) is 0 Å². The molecule has 3 aromatic heterocycles. The van der Waals surface area contributed by atoms with Crippen LogP contribution in [-0.4, -0.2) is 38.2 Å². The van der Waals surface area contributed by atoms with Crippen LogP contribution in [0.25, 0.3) is 27.7 Å². The number of H-pyrrole nitrogens is 1. The predicted molar refractivity (Wildman–Crippen MR) is 121 cm³/mol. The molecule has 1 fully saturated rings. The molecule has 1 saturated heterocycles. The molecule has 1 aromatic carbocycles. The van der Waals surface area contributed by atoms with Gasteiger partial charge in [0.1, 0.15) is 11.5 Å². The molecule has 0 radical (unpaired) electrons. The molecule has 1 aliphatic heterocycles. The molecule has 1 aliphatic rings. The fourth-order valence-corrected chi connectivity index (χ4v) is 4.07. The molecule has 0 amide bonds.